The van der Waals surface area contributed by atoms with Crippen molar-refractivity contribution in [1.82, 2.24) is 15.2 Å². The van der Waals surface area contributed by atoms with Gasteiger partial charge in [-0.3, -0.25) is 4.90 Å². The van der Waals surface area contributed by atoms with E-state index in [4.69, 9.17) is 0 Å². The minimum Gasteiger partial charge on any atom is -0.320 e. The van der Waals surface area contributed by atoms with Gasteiger partial charge in [-0.2, -0.15) is 0 Å². The molecule has 102 valence electrons. The second-order valence-electron chi connectivity index (χ2n) is 5.35. The molecule has 18 heavy (non-hydrogen) atoms. The van der Waals surface area contributed by atoms with E-state index in [1.165, 1.54) is 47.9 Å². The molecule has 0 saturated carbocycles. The highest BCUT2D eigenvalue weighted by molar-refractivity contribution is 7.11. The van der Waals surface area contributed by atoms with Gasteiger partial charge >= 0.3 is 0 Å². The fraction of sp³-hybridized carbons (Fsp3) is 0.786. The monoisotopic (exact) mass is 267 g/mol. The maximum Gasteiger partial charge on any atom is 0.0900 e. The molecule has 1 saturated heterocycles. The maximum atomic E-state index is 4.52. The van der Waals surface area contributed by atoms with E-state index in [2.05, 4.69) is 29.0 Å². The Balaban J connectivity index is 1.78. The number of likely N-dealkylation sites (tertiary alicyclic amines) is 1. The Labute approximate surface area is 115 Å². The first kappa shape index (κ1) is 14.0. The van der Waals surface area contributed by atoms with Crippen molar-refractivity contribution in [3.63, 3.8) is 0 Å². The summed E-state index contributed by atoms with van der Waals surface area (Å²) in [6.45, 7) is 9.02. The lowest BCUT2D eigenvalue weighted by Crippen LogP contribution is -2.34. The Morgan fingerprint density at radius 3 is 2.61 bits per heavy atom. The summed E-state index contributed by atoms with van der Waals surface area (Å²) in [4.78, 5) is 8.57. The first-order valence-electron chi connectivity index (χ1n) is 6.99. The van der Waals surface area contributed by atoms with Gasteiger partial charge in [-0.15, -0.1) is 11.3 Å². The quantitative estimate of drug-likeness (QED) is 0.889. The van der Waals surface area contributed by atoms with Crippen LogP contribution in [0.1, 0.15) is 34.8 Å². The zero-order chi connectivity index (χ0) is 13.0. The molecular formula is C14H25N3S. The Morgan fingerprint density at radius 2 is 2.06 bits per heavy atom. The van der Waals surface area contributed by atoms with Crippen LogP contribution in [0.3, 0.4) is 0 Å². The Bertz CT molecular complexity index is 367. The summed E-state index contributed by atoms with van der Waals surface area (Å²) < 4.78 is 0. The van der Waals surface area contributed by atoms with Crippen molar-refractivity contribution >= 4 is 11.3 Å². The average molecular weight is 267 g/mol. The number of thiazole rings is 1. The molecule has 2 rings (SSSR count). The number of piperidine rings is 1. The standard InChI is InChI=1S/C14H25N3S/c1-11-14(18-12(2)16-11)10-17-8-5-13(6-9-17)4-7-15-3/h13,15H,4-10H2,1-3H3. The average Bonchev–Trinajstić information content (AvgIpc) is 2.67. The molecule has 0 radical (unpaired) electrons. The predicted octanol–water partition coefficient (Wildman–Crippen LogP) is 2.58. The molecule has 1 fully saturated rings. The second-order valence-corrected chi connectivity index (χ2v) is 6.64. The van der Waals surface area contributed by atoms with Crippen molar-refractivity contribution in [1.29, 1.82) is 0 Å². The van der Waals surface area contributed by atoms with Gasteiger partial charge in [0.15, 0.2) is 0 Å². The van der Waals surface area contributed by atoms with Crippen LogP contribution in [0.2, 0.25) is 0 Å². The van der Waals surface area contributed by atoms with Crippen molar-refractivity contribution in [2.75, 3.05) is 26.7 Å². The largest absolute Gasteiger partial charge is 0.320 e. The molecule has 1 aromatic rings. The van der Waals surface area contributed by atoms with Gasteiger partial charge in [-0.1, -0.05) is 0 Å². The zero-order valence-corrected chi connectivity index (χ0v) is 12.6. The van der Waals surface area contributed by atoms with Crippen LogP contribution in [-0.4, -0.2) is 36.6 Å². The van der Waals surface area contributed by atoms with Gasteiger partial charge in [0.05, 0.1) is 10.7 Å². The molecular weight excluding hydrogens is 242 g/mol. The van der Waals surface area contributed by atoms with Crippen LogP contribution in [0.5, 0.6) is 0 Å². The van der Waals surface area contributed by atoms with Crippen LogP contribution in [0.15, 0.2) is 0 Å². The number of hydrogen-bond acceptors (Lipinski definition) is 4. The summed E-state index contributed by atoms with van der Waals surface area (Å²) in [7, 11) is 2.05. The van der Waals surface area contributed by atoms with Crippen LogP contribution in [0.25, 0.3) is 0 Å². The predicted molar refractivity (Wildman–Crippen MR) is 78.1 cm³/mol. The highest BCUT2D eigenvalue weighted by Gasteiger charge is 2.19. The lowest BCUT2D eigenvalue weighted by molar-refractivity contribution is 0.173. The molecule has 0 atom stereocenters. The third-order valence-electron chi connectivity index (χ3n) is 3.88. The third kappa shape index (κ3) is 3.77. The minimum absolute atomic E-state index is 0.929. The van der Waals surface area contributed by atoms with E-state index >= 15 is 0 Å². The van der Waals surface area contributed by atoms with E-state index < -0.39 is 0 Å². The first-order chi connectivity index (χ1) is 8.69. The van der Waals surface area contributed by atoms with E-state index in [1.54, 1.807) is 0 Å². The van der Waals surface area contributed by atoms with Crippen LogP contribution in [-0.2, 0) is 6.54 Å². The summed E-state index contributed by atoms with van der Waals surface area (Å²) >= 11 is 1.86. The third-order valence-corrected chi connectivity index (χ3v) is 4.93. The lowest BCUT2D eigenvalue weighted by Gasteiger charge is -2.31. The highest BCUT2D eigenvalue weighted by atomic mass is 32.1. The number of aryl methyl sites for hydroxylation is 2. The maximum absolute atomic E-state index is 4.52. The molecule has 1 aliphatic heterocycles. The van der Waals surface area contributed by atoms with E-state index in [0.717, 1.165) is 19.0 Å². The summed E-state index contributed by atoms with van der Waals surface area (Å²) in [6.07, 6.45) is 4.06. The summed E-state index contributed by atoms with van der Waals surface area (Å²) in [5.74, 6) is 0.929. The molecule has 1 aliphatic rings. The van der Waals surface area contributed by atoms with Gasteiger partial charge in [-0.25, -0.2) is 4.98 Å². The second kappa shape index (κ2) is 6.64. The van der Waals surface area contributed by atoms with Crippen molar-refractivity contribution < 1.29 is 0 Å². The van der Waals surface area contributed by atoms with E-state index in [9.17, 15) is 0 Å². The van der Waals surface area contributed by atoms with Crippen LogP contribution in [0, 0.1) is 19.8 Å². The molecule has 0 amide bonds. The van der Waals surface area contributed by atoms with Gasteiger partial charge in [0.25, 0.3) is 0 Å². The first-order valence-corrected chi connectivity index (χ1v) is 7.80. The molecule has 0 unspecified atom stereocenters. The fourth-order valence-electron chi connectivity index (χ4n) is 2.70. The van der Waals surface area contributed by atoms with E-state index in [-0.39, 0.29) is 0 Å². The topological polar surface area (TPSA) is 28.2 Å². The van der Waals surface area contributed by atoms with Gasteiger partial charge in [0, 0.05) is 11.4 Å². The lowest BCUT2D eigenvalue weighted by atomic mass is 9.93. The molecule has 0 aromatic carbocycles. The summed E-state index contributed by atoms with van der Waals surface area (Å²) in [5, 5.41) is 4.46. The Hall–Kier alpha value is -0.450. The van der Waals surface area contributed by atoms with Gasteiger partial charge < -0.3 is 5.32 Å². The molecule has 3 nitrogen and oxygen atoms in total. The number of rotatable bonds is 5. The SMILES string of the molecule is CNCCC1CCN(Cc2sc(C)nc2C)CC1. The molecule has 1 N–H and O–H groups in total. The normalized spacial score (nSPS) is 18.4. The molecule has 4 heteroatoms. The molecule has 0 aliphatic carbocycles. The molecule has 2 heterocycles. The zero-order valence-electron chi connectivity index (χ0n) is 11.8. The fourth-order valence-corrected chi connectivity index (χ4v) is 3.68. The van der Waals surface area contributed by atoms with Crippen molar-refractivity contribution in [2.45, 2.75) is 39.7 Å². The number of hydrogen-bond donors (Lipinski definition) is 1. The van der Waals surface area contributed by atoms with Crippen molar-refractivity contribution in [3.8, 4) is 0 Å². The van der Waals surface area contributed by atoms with Crippen LogP contribution < -0.4 is 5.32 Å². The molecule has 0 bridgehead atoms. The van der Waals surface area contributed by atoms with Crippen molar-refractivity contribution in [3.05, 3.63) is 15.6 Å². The highest BCUT2D eigenvalue weighted by Crippen LogP contribution is 2.24. The number of aromatic nitrogens is 1. The number of nitrogens with one attached hydrogen (secondary N) is 1. The van der Waals surface area contributed by atoms with E-state index in [0.29, 0.717) is 0 Å². The Morgan fingerprint density at radius 1 is 1.33 bits per heavy atom. The van der Waals surface area contributed by atoms with Gasteiger partial charge in [0.2, 0.25) is 0 Å². The smallest absolute Gasteiger partial charge is 0.0900 e. The molecule has 1 aromatic heterocycles. The van der Waals surface area contributed by atoms with E-state index in [1.807, 2.05) is 18.4 Å². The molecule has 0 spiro atoms. The minimum atomic E-state index is 0.929. The van der Waals surface area contributed by atoms with Crippen LogP contribution >= 0.6 is 11.3 Å². The summed E-state index contributed by atoms with van der Waals surface area (Å²) in [6, 6.07) is 0. The van der Waals surface area contributed by atoms with Gasteiger partial charge in [0.1, 0.15) is 0 Å². The van der Waals surface area contributed by atoms with Crippen LogP contribution in [0.4, 0.5) is 0 Å². The number of nitrogens with zero attached hydrogens (tertiary/aromatic N) is 2. The summed E-state index contributed by atoms with van der Waals surface area (Å²) in [5.41, 5.74) is 1.23. The Kier molecular flexibility index (Phi) is 5.15. The van der Waals surface area contributed by atoms with Gasteiger partial charge in [-0.05, 0) is 65.7 Å². The van der Waals surface area contributed by atoms with Crippen molar-refractivity contribution in [2.24, 2.45) is 5.92 Å².